The molecular weight excluding hydrogens is 528 g/mol. The van der Waals surface area contributed by atoms with Crippen molar-refractivity contribution < 1.29 is 9.59 Å². The summed E-state index contributed by atoms with van der Waals surface area (Å²) in [5.41, 5.74) is 2.41. The van der Waals surface area contributed by atoms with E-state index in [9.17, 15) is 9.59 Å². The maximum absolute atomic E-state index is 12.5. The van der Waals surface area contributed by atoms with E-state index < -0.39 is 5.91 Å². The van der Waals surface area contributed by atoms with E-state index in [0.717, 1.165) is 20.4 Å². The van der Waals surface area contributed by atoms with Crippen LogP contribution in [0.25, 0.3) is 6.08 Å². The number of amides is 2. The quantitative estimate of drug-likeness (QED) is 0.221. The Morgan fingerprint density at radius 3 is 2.27 bits per heavy atom. The molecule has 0 aliphatic carbocycles. The van der Waals surface area contributed by atoms with Gasteiger partial charge in [0.2, 0.25) is 0 Å². The Balaban J connectivity index is 1.57. The van der Waals surface area contributed by atoms with E-state index in [2.05, 4.69) is 68.4 Å². The molecule has 3 heterocycles. The topological polar surface area (TPSA) is 53.0 Å². The fourth-order valence-electron chi connectivity index (χ4n) is 3.33. The minimum absolute atomic E-state index is 0.0588. The molecule has 2 aliphatic heterocycles. The first kappa shape index (κ1) is 19.6. The van der Waals surface area contributed by atoms with Gasteiger partial charge in [0.05, 0.1) is 0 Å². The van der Waals surface area contributed by atoms with Gasteiger partial charge in [0.1, 0.15) is 0 Å². The second-order valence-corrected chi connectivity index (χ2v) is 10.8. The van der Waals surface area contributed by atoms with Crippen LogP contribution < -0.4 is 4.90 Å². The monoisotopic (exact) mass is 544 g/mol. The number of rotatable bonds is 2. The van der Waals surface area contributed by atoms with Gasteiger partial charge in [-0.1, -0.05) is 0 Å². The van der Waals surface area contributed by atoms with Gasteiger partial charge < -0.3 is 0 Å². The van der Waals surface area contributed by atoms with Crippen LogP contribution in [-0.2, 0) is 9.59 Å². The zero-order valence-electron chi connectivity index (χ0n) is 15.7. The molecule has 3 aromatic rings. The summed E-state index contributed by atoms with van der Waals surface area (Å²) in [6, 6.07) is 20.8. The van der Waals surface area contributed by atoms with Gasteiger partial charge in [-0.2, -0.15) is 0 Å². The third kappa shape index (κ3) is 3.31. The van der Waals surface area contributed by atoms with Gasteiger partial charge in [-0.25, -0.2) is 0 Å². The van der Waals surface area contributed by atoms with Crippen molar-refractivity contribution >= 4 is 80.8 Å². The van der Waals surface area contributed by atoms with E-state index in [4.69, 9.17) is 0 Å². The van der Waals surface area contributed by atoms with E-state index >= 15 is 0 Å². The van der Waals surface area contributed by atoms with Crippen molar-refractivity contribution in [2.24, 2.45) is 4.99 Å². The number of nitrogens with zero attached hydrogens (tertiary/aromatic N) is 3. The molecule has 5 rings (SSSR count). The molecule has 2 aromatic carbocycles. The molecule has 5 nitrogen and oxygen atoms in total. The Bertz CT molecular complexity index is 1220. The predicted molar refractivity (Wildman–Crippen MR) is 121 cm³/mol. The predicted octanol–water partition coefficient (Wildman–Crippen LogP) is 3.58. The van der Waals surface area contributed by atoms with Gasteiger partial charge in [-0.15, -0.1) is 0 Å². The Morgan fingerprint density at radius 1 is 0.967 bits per heavy atom. The van der Waals surface area contributed by atoms with Crippen LogP contribution in [-0.4, -0.2) is 59.0 Å². The van der Waals surface area contributed by atoms with E-state index in [1.807, 2.05) is 18.2 Å². The van der Waals surface area contributed by atoms with Crippen LogP contribution in [0.4, 0.5) is 15.9 Å². The SMILES string of the molecule is CN1C(=O)/C(=C/c2ccc(N3c4ccccc4Sc4ccccc43)[se]2)C(=O)N=C1[Se]. The van der Waals surface area contributed by atoms with Gasteiger partial charge in [-0.3, -0.25) is 0 Å². The number of carbonyl (C=O) groups excluding carboxylic acids is 2. The fraction of sp³-hybridized carbons (Fsp3) is 0.0455. The molecule has 0 saturated carbocycles. The molecule has 0 spiro atoms. The average molecular weight is 542 g/mol. The summed E-state index contributed by atoms with van der Waals surface area (Å²) in [6.45, 7) is 0. The fourth-order valence-corrected chi connectivity index (χ4v) is 6.79. The van der Waals surface area contributed by atoms with E-state index in [-0.39, 0.29) is 26.0 Å². The number of hydrogen-bond acceptors (Lipinski definition) is 4. The maximum atomic E-state index is 12.5. The number of hydrogen-bond donors (Lipinski definition) is 0. The van der Waals surface area contributed by atoms with Gasteiger partial charge in [0.25, 0.3) is 0 Å². The van der Waals surface area contributed by atoms with Crippen molar-refractivity contribution in [1.29, 1.82) is 0 Å². The standard InChI is InChI=1S/C22H14N3O2SSe2/c1-24-21(27)14(20(26)23-22(24)29)12-13-10-11-19(30-13)25-15-6-2-4-8-17(15)28-18-9-5-3-7-16(18)25/h2-12H,1H3/b14-12+. The van der Waals surface area contributed by atoms with Crippen molar-refractivity contribution in [2.45, 2.75) is 9.79 Å². The van der Waals surface area contributed by atoms with E-state index in [1.54, 1.807) is 24.9 Å². The second kappa shape index (κ2) is 7.73. The molecule has 0 bridgehead atoms. The third-order valence-corrected chi connectivity index (χ3v) is 8.83. The zero-order chi connectivity index (χ0) is 20.8. The summed E-state index contributed by atoms with van der Waals surface area (Å²) in [6.07, 6.45) is 1.69. The first-order chi connectivity index (χ1) is 14.5. The number of anilines is 3. The van der Waals surface area contributed by atoms with Gasteiger partial charge in [0.15, 0.2) is 0 Å². The van der Waals surface area contributed by atoms with E-state index in [1.165, 1.54) is 14.7 Å². The molecule has 1 aromatic heterocycles. The number of amidine groups is 1. The normalized spacial score (nSPS) is 17.1. The summed E-state index contributed by atoms with van der Waals surface area (Å²) in [4.78, 5) is 34.8. The molecule has 0 fully saturated rings. The van der Waals surface area contributed by atoms with Gasteiger partial charge in [-0.05, 0) is 0 Å². The average Bonchev–Trinajstić information content (AvgIpc) is 3.21. The minimum atomic E-state index is -0.498. The summed E-state index contributed by atoms with van der Waals surface area (Å²) < 4.78 is 2.42. The third-order valence-electron chi connectivity index (χ3n) is 4.80. The van der Waals surface area contributed by atoms with Crippen molar-refractivity contribution in [3.8, 4) is 0 Å². The molecule has 0 unspecified atom stereocenters. The van der Waals surface area contributed by atoms with Crippen LogP contribution in [0, 0.1) is 0 Å². The summed E-state index contributed by atoms with van der Waals surface area (Å²) >= 11 is 4.36. The van der Waals surface area contributed by atoms with Crippen molar-refractivity contribution in [1.82, 2.24) is 4.90 Å². The molecule has 0 atom stereocenters. The Kier molecular flexibility index (Phi) is 5.05. The number of likely N-dealkylation sites (N-methyl/N-ethyl adjacent to an activating group) is 1. The molecule has 1 radical (unpaired) electrons. The Labute approximate surface area is 192 Å². The number of fused-ring (bicyclic) bond motifs is 2. The van der Waals surface area contributed by atoms with Crippen molar-refractivity contribution in [3.63, 3.8) is 0 Å². The second-order valence-electron chi connectivity index (χ2n) is 6.67. The Hall–Kier alpha value is -2.34. The number of para-hydroxylation sites is 2. The molecule has 0 saturated heterocycles. The first-order valence-electron chi connectivity index (χ1n) is 9.08. The van der Waals surface area contributed by atoms with E-state index in [0.29, 0.717) is 4.73 Å². The summed E-state index contributed by atoms with van der Waals surface area (Å²) in [5.74, 6) is -0.832. The van der Waals surface area contributed by atoms with Gasteiger partial charge >= 0.3 is 193 Å². The molecule has 0 N–H and O–H groups in total. The van der Waals surface area contributed by atoms with Crippen LogP contribution in [0.5, 0.6) is 0 Å². The van der Waals surface area contributed by atoms with Crippen LogP contribution >= 0.6 is 11.8 Å². The number of carbonyl (C=O) groups is 2. The number of aliphatic imine (C=N–C) groups is 1. The van der Waals surface area contributed by atoms with Crippen molar-refractivity contribution in [3.05, 3.63) is 70.7 Å². The molecule has 147 valence electrons. The van der Waals surface area contributed by atoms with Crippen LogP contribution in [0.15, 0.2) is 81.0 Å². The van der Waals surface area contributed by atoms with Crippen LogP contribution in [0.2, 0.25) is 0 Å². The Morgan fingerprint density at radius 2 is 1.60 bits per heavy atom. The molecule has 30 heavy (non-hydrogen) atoms. The van der Waals surface area contributed by atoms with Gasteiger partial charge in [0, 0.05) is 0 Å². The summed E-state index contributed by atoms with van der Waals surface area (Å²) in [7, 11) is 1.61. The first-order valence-corrected chi connectivity index (χ1v) is 12.5. The molecular formula is C22H14N3O2SSe2. The number of benzene rings is 2. The van der Waals surface area contributed by atoms with Crippen LogP contribution in [0.3, 0.4) is 0 Å². The molecule has 2 aliphatic rings. The van der Waals surface area contributed by atoms with Crippen LogP contribution in [0.1, 0.15) is 4.44 Å². The van der Waals surface area contributed by atoms with Crippen molar-refractivity contribution in [2.75, 3.05) is 11.9 Å². The molecule has 2 amide bonds. The molecule has 8 heteroatoms. The zero-order valence-corrected chi connectivity index (χ0v) is 20.0. The summed E-state index contributed by atoms with van der Waals surface area (Å²) in [5, 5.41) is 0.